The third-order valence-electron chi connectivity index (χ3n) is 6.58. The number of aromatic amines is 1. The predicted molar refractivity (Wildman–Crippen MR) is 137 cm³/mol. The lowest BCUT2D eigenvalue weighted by Gasteiger charge is -2.34. The minimum absolute atomic E-state index is 0.0294. The number of carbonyl (C=O) groups excluding carboxylic acids is 1. The number of H-pyrrole nitrogens is 1. The molecular weight excluding hydrogens is 502 g/mol. The van der Waals surface area contributed by atoms with E-state index in [0.717, 1.165) is 18.4 Å². The van der Waals surface area contributed by atoms with Crippen LogP contribution >= 0.6 is 0 Å². The highest BCUT2D eigenvalue weighted by Gasteiger charge is 2.34. The van der Waals surface area contributed by atoms with E-state index in [1.54, 1.807) is 42.5 Å². The van der Waals surface area contributed by atoms with Crippen molar-refractivity contribution < 1.29 is 22.0 Å². The molecular formula is C26H24F2N4O4S. The first-order valence-corrected chi connectivity index (χ1v) is 13.5. The van der Waals surface area contributed by atoms with Gasteiger partial charge in [0.1, 0.15) is 17.2 Å². The van der Waals surface area contributed by atoms with Crippen LogP contribution in [0.2, 0.25) is 0 Å². The van der Waals surface area contributed by atoms with Gasteiger partial charge in [-0.3, -0.25) is 9.59 Å². The quantitative estimate of drug-likeness (QED) is 0.396. The van der Waals surface area contributed by atoms with Gasteiger partial charge in [-0.05, 0) is 36.2 Å². The van der Waals surface area contributed by atoms with Crippen molar-refractivity contribution in [3.8, 4) is 11.1 Å². The van der Waals surface area contributed by atoms with Crippen molar-refractivity contribution in [3.05, 3.63) is 81.9 Å². The Morgan fingerprint density at radius 2 is 1.84 bits per heavy atom. The van der Waals surface area contributed by atoms with E-state index in [9.17, 15) is 22.4 Å². The molecule has 11 heteroatoms. The summed E-state index contributed by atoms with van der Waals surface area (Å²) in [6.45, 7) is 0. The fourth-order valence-corrected chi connectivity index (χ4v) is 5.89. The maximum atomic E-state index is 15.3. The van der Waals surface area contributed by atoms with Gasteiger partial charge in [-0.2, -0.15) is 0 Å². The molecule has 1 aliphatic rings. The monoisotopic (exact) mass is 526 g/mol. The summed E-state index contributed by atoms with van der Waals surface area (Å²) in [6, 6.07) is 7.60. The molecule has 2 aromatic heterocycles. The molecule has 1 aliphatic heterocycles. The van der Waals surface area contributed by atoms with E-state index in [-0.39, 0.29) is 29.8 Å². The number of primary amides is 1. The van der Waals surface area contributed by atoms with E-state index in [1.807, 2.05) is 0 Å². The van der Waals surface area contributed by atoms with Crippen molar-refractivity contribution >= 4 is 38.0 Å². The second kappa shape index (κ2) is 8.84. The van der Waals surface area contributed by atoms with Crippen LogP contribution in [-0.4, -0.2) is 30.1 Å². The average molecular weight is 527 g/mol. The third-order valence-corrected chi connectivity index (χ3v) is 7.44. The van der Waals surface area contributed by atoms with E-state index in [1.165, 1.54) is 10.6 Å². The van der Waals surface area contributed by atoms with Crippen molar-refractivity contribution in [3.63, 3.8) is 0 Å². The zero-order valence-electron chi connectivity index (χ0n) is 20.1. The highest BCUT2D eigenvalue weighted by Crippen LogP contribution is 2.50. The Morgan fingerprint density at radius 1 is 1.11 bits per heavy atom. The highest BCUT2D eigenvalue weighted by molar-refractivity contribution is 7.89. The van der Waals surface area contributed by atoms with Crippen LogP contribution in [0.5, 0.6) is 0 Å². The number of benzene rings is 2. The van der Waals surface area contributed by atoms with Gasteiger partial charge in [-0.1, -0.05) is 6.07 Å². The number of amides is 1. The van der Waals surface area contributed by atoms with Gasteiger partial charge >= 0.3 is 0 Å². The number of nitrogens with one attached hydrogen (secondary N) is 1. The number of hydrogen-bond acceptors (Lipinski definition) is 5. The molecule has 1 atom stereocenters. The largest absolute Gasteiger partial charge is 0.370 e. The summed E-state index contributed by atoms with van der Waals surface area (Å²) in [4.78, 5) is 29.5. The van der Waals surface area contributed by atoms with Gasteiger partial charge in [0.25, 0.3) is 5.56 Å². The Bertz CT molecular complexity index is 1740. The Morgan fingerprint density at radius 3 is 2.51 bits per heavy atom. The smallest absolute Gasteiger partial charge is 0.274 e. The van der Waals surface area contributed by atoms with Crippen LogP contribution in [0.15, 0.2) is 53.6 Å². The van der Waals surface area contributed by atoms with Crippen LogP contribution < -0.4 is 16.2 Å². The lowest BCUT2D eigenvalue weighted by molar-refractivity contribution is -0.118. The molecule has 0 spiro atoms. The Labute approximate surface area is 211 Å². The van der Waals surface area contributed by atoms with E-state index >= 15 is 4.39 Å². The van der Waals surface area contributed by atoms with Crippen molar-refractivity contribution in [2.45, 2.75) is 24.6 Å². The molecule has 1 unspecified atom stereocenters. The summed E-state index contributed by atoms with van der Waals surface area (Å²) in [5.74, 6) is -2.33. The molecule has 5 rings (SSSR count). The normalized spacial score (nSPS) is 15.0. The number of nitrogens with zero attached hydrogens (tertiary/aromatic N) is 2. The fourth-order valence-electron chi connectivity index (χ4n) is 5.10. The van der Waals surface area contributed by atoms with Crippen LogP contribution in [-0.2, 0) is 27.4 Å². The van der Waals surface area contributed by atoms with E-state index in [2.05, 4.69) is 4.98 Å². The average Bonchev–Trinajstić information content (AvgIpc) is 3.20. The third kappa shape index (κ3) is 4.39. The number of anilines is 2. The van der Waals surface area contributed by atoms with Gasteiger partial charge in [0, 0.05) is 65.9 Å². The number of rotatable bonds is 6. The maximum Gasteiger partial charge on any atom is 0.274 e. The number of carbonyl (C=O) groups is 1. The topological polar surface area (TPSA) is 118 Å². The highest BCUT2D eigenvalue weighted by atomic mass is 32.2. The molecule has 0 aliphatic carbocycles. The summed E-state index contributed by atoms with van der Waals surface area (Å²) in [5, 5.41) is 0.584. The van der Waals surface area contributed by atoms with Crippen molar-refractivity contribution in [2.24, 2.45) is 12.8 Å². The molecule has 2 aromatic carbocycles. The standard InChI is InChI=1S/C26H24F2N4O4S/c1-31-12-18-16-9-14(13-37(2,35)36)3-5-20(16)32(22-6-4-15(27)10-19(22)28)21(7-8-23(29)33)17-11-30-25(24(17)18)26(31)34/h3-6,9-12,21,30H,7-8,13H2,1-2H3,(H2,29,33). The van der Waals surface area contributed by atoms with Crippen LogP contribution in [0.4, 0.5) is 20.2 Å². The zero-order chi connectivity index (χ0) is 26.6. The van der Waals surface area contributed by atoms with Gasteiger partial charge in [0.15, 0.2) is 9.84 Å². The number of nitrogens with two attached hydrogens (primary N) is 1. The van der Waals surface area contributed by atoms with Gasteiger partial charge in [-0.25, -0.2) is 17.2 Å². The summed E-state index contributed by atoms with van der Waals surface area (Å²) in [6.07, 6.45) is 4.59. The van der Waals surface area contributed by atoms with Gasteiger partial charge in [0.05, 0.1) is 17.5 Å². The molecule has 37 heavy (non-hydrogen) atoms. The Balaban J connectivity index is 1.89. The Hall–Kier alpha value is -3.99. The second-order valence-corrected chi connectivity index (χ2v) is 11.5. The van der Waals surface area contributed by atoms with Crippen LogP contribution in [0.1, 0.15) is 30.0 Å². The summed E-state index contributed by atoms with van der Waals surface area (Å²) in [7, 11) is -1.76. The Kier molecular flexibility index (Phi) is 5.90. The van der Waals surface area contributed by atoms with Gasteiger partial charge in [0.2, 0.25) is 5.91 Å². The predicted octanol–water partition coefficient (Wildman–Crippen LogP) is 3.81. The number of aromatic nitrogens is 2. The molecule has 3 heterocycles. The number of aryl methyl sites for hydroxylation is 1. The molecule has 4 aromatic rings. The maximum absolute atomic E-state index is 15.3. The molecule has 1 amide bonds. The second-order valence-electron chi connectivity index (χ2n) is 9.36. The molecule has 0 saturated carbocycles. The first kappa shape index (κ1) is 24.7. The van der Waals surface area contributed by atoms with Crippen LogP contribution in [0.25, 0.3) is 22.0 Å². The fraction of sp³-hybridized carbons (Fsp3) is 0.231. The molecule has 8 nitrogen and oxygen atoms in total. The zero-order valence-corrected chi connectivity index (χ0v) is 20.9. The number of halogens is 2. The first-order chi connectivity index (χ1) is 17.4. The van der Waals surface area contributed by atoms with E-state index in [0.29, 0.717) is 38.8 Å². The summed E-state index contributed by atoms with van der Waals surface area (Å²) in [5.41, 5.74) is 8.41. The molecule has 3 N–H and O–H groups in total. The SMILES string of the molecule is Cn1cc2c3c(c[nH]c3c1=O)C(CCC(N)=O)N(c1ccc(F)cc1F)c1ccc(CS(C)(=O)=O)cc1-2. The van der Waals surface area contributed by atoms with Crippen molar-refractivity contribution in [1.29, 1.82) is 0 Å². The molecule has 0 bridgehead atoms. The van der Waals surface area contributed by atoms with Gasteiger partial charge in [-0.15, -0.1) is 0 Å². The lowest BCUT2D eigenvalue weighted by atomic mass is 9.97. The van der Waals surface area contributed by atoms with Crippen molar-refractivity contribution in [1.82, 2.24) is 9.55 Å². The van der Waals surface area contributed by atoms with Crippen LogP contribution in [0, 0.1) is 11.6 Å². The first-order valence-electron chi connectivity index (χ1n) is 11.5. The van der Waals surface area contributed by atoms with Crippen molar-refractivity contribution in [2.75, 3.05) is 11.2 Å². The number of pyridine rings is 1. The molecule has 0 fully saturated rings. The molecule has 0 saturated heterocycles. The summed E-state index contributed by atoms with van der Waals surface area (Å²) >= 11 is 0. The summed E-state index contributed by atoms with van der Waals surface area (Å²) < 4.78 is 54.7. The lowest BCUT2D eigenvalue weighted by Crippen LogP contribution is -2.26. The number of hydrogen-bond donors (Lipinski definition) is 2. The minimum atomic E-state index is -3.36. The molecule has 0 radical (unpaired) electrons. The van der Waals surface area contributed by atoms with Crippen LogP contribution in [0.3, 0.4) is 0 Å². The van der Waals surface area contributed by atoms with E-state index in [4.69, 9.17) is 5.73 Å². The van der Waals surface area contributed by atoms with Gasteiger partial charge < -0.3 is 20.2 Å². The van der Waals surface area contributed by atoms with E-state index < -0.39 is 33.4 Å². The molecule has 192 valence electrons. The minimum Gasteiger partial charge on any atom is -0.370 e. The number of sulfone groups is 1. The number of fused-ring (bicyclic) bond motifs is 2.